The Balaban J connectivity index is 1.90. The molecule has 0 spiro atoms. The summed E-state index contributed by atoms with van der Waals surface area (Å²) in [6.07, 6.45) is 3.57. The van der Waals surface area contributed by atoms with E-state index in [4.69, 9.17) is 4.74 Å². The average molecular weight is 272 g/mol. The van der Waals surface area contributed by atoms with Crippen molar-refractivity contribution < 1.29 is 14.3 Å². The Bertz CT molecular complexity index is 614. The molecule has 1 aromatic heterocycles. The minimum atomic E-state index is -0.127. The number of nitrogens with zero attached hydrogens (tertiary/aromatic N) is 1. The number of Topliss-reactive ketones (excluding diaryl/α,β-unsaturated/α-hetero) is 1. The smallest absolute Gasteiger partial charge is 0.221 e. The highest BCUT2D eigenvalue weighted by atomic mass is 16.5. The number of aryl methyl sites for hydroxylation is 1. The van der Waals surface area contributed by atoms with Gasteiger partial charge >= 0.3 is 0 Å². The molecular formula is C15H16N2O3. The first-order valence-corrected chi connectivity index (χ1v) is 6.20. The molecule has 1 amide bonds. The van der Waals surface area contributed by atoms with Crippen LogP contribution in [0.3, 0.4) is 0 Å². The number of ether oxygens (including phenoxy) is 1. The molecule has 20 heavy (non-hydrogen) atoms. The molecule has 0 aliphatic carbocycles. The van der Waals surface area contributed by atoms with Crippen LogP contribution in [0.25, 0.3) is 0 Å². The number of carbonyl (C=O) groups excluding carboxylic acids is 2. The van der Waals surface area contributed by atoms with Crippen molar-refractivity contribution in [3.63, 3.8) is 0 Å². The zero-order valence-corrected chi connectivity index (χ0v) is 11.4. The molecular weight excluding hydrogens is 256 g/mol. The van der Waals surface area contributed by atoms with Crippen LogP contribution < -0.4 is 10.1 Å². The highest BCUT2D eigenvalue weighted by Crippen LogP contribution is 2.16. The lowest BCUT2D eigenvalue weighted by Gasteiger charge is -2.06. The Morgan fingerprint density at radius 1 is 1.20 bits per heavy atom. The van der Waals surface area contributed by atoms with E-state index in [0.29, 0.717) is 17.0 Å². The minimum absolute atomic E-state index is 0.0104. The molecule has 0 atom stereocenters. The third-order valence-corrected chi connectivity index (χ3v) is 2.70. The normalized spacial score (nSPS) is 10.1. The SMILES string of the molecule is CC(=O)Nc1ccc(OCC(=O)c2ccn(C)c2)cc1. The fourth-order valence-electron chi connectivity index (χ4n) is 1.74. The van der Waals surface area contributed by atoms with Crippen LogP contribution >= 0.6 is 0 Å². The quantitative estimate of drug-likeness (QED) is 0.849. The van der Waals surface area contributed by atoms with Gasteiger partial charge in [-0.25, -0.2) is 0 Å². The van der Waals surface area contributed by atoms with Gasteiger partial charge < -0.3 is 14.6 Å². The number of hydrogen-bond donors (Lipinski definition) is 1. The summed E-state index contributed by atoms with van der Waals surface area (Å²) in [5.41, 5.74) is 1.32. The van der Waals surface area contributed by atoms with Gasteiger partial charge in [-0.1, -0.05) is 0 Å². The van der Waals surface area contributed by atoms with Crippen molar-refractivity contribution in [2.45, 2.75) is 6.92 Å². The molecule has 0 aliphatic heterocycles. The maximum atomic E-state index is 11.8. The average Bonchev–Trinajstić information content (AvgIpc) is 2.84. The molecule has 5 heteroatoms. The van der Waals surface area contributed by atoms with E-state index in [1.54, 1.807) is 36.5 Å². The molecule has 0 saturated heterocycles. The number of benzene rings is 1. The van der Waals surface area contributed by atoms with Gasteiger partial charge in [-0.15, -0.1) is 0 Å². The molecule has 0 fully saturated rings. The van der Waals surface area contributed by atoms with Crippen LogP contribution in [-0.4, -0.2) is 22.9 Å². The van der Waals surface area contributed by atoms with Gasteiger partial charge in [0.25, 0.3) is 0 Å². The first-order valence-electron chi connectivity index (χ1n) is 6.20. The van der Waals surface area contributed by atoms with Crippen LogP contribution in [0.1, 0.15) is 17.3 Å². The van der Waals surface area contributed by atoms with E-state index in [9.17, 15) is 9.59 Å². The van der Waals surface area contributed by atoms with Crippen LogP contribution in [0, 0.1) is 0 Å². The molecule has 0 bridgehead atoms. The van der Waals surface area contributed by atoms with Gasteiger partial charge in [0.05, 0.1) is 0 Å². The Morgan fingerprint density at radius 3 is 2.45 bits per heavy atom. The number of amides is 1. The summed E-state index contributed by atoms with van der Waals surface area (Å²) < 4.78 is 7.23. The Hall–Kier alpha value is -2.56. The van der Waals surface area contributed by atoms with Crippen molar-refractivity contribution in [2.75, 3.05) is 11.9 Å². The number of carbonyl (C=O) groups is 2. The second kappa shape index (κ2) is 6.06. The van der Waals surface area contributed by atoms with Crippen molar-refractivity contribution >= 4 is 17.4 Å². The third kappa shape index (κ3) is 3.71. The number of hydrogen-bond acceptors (Lipinski definition) is 3. The van der Waals surface area contributed by atoms with E-state index in [-0.39, 0.29) is 18.3 Å². The van der Waals surface area contributed by atoms with E-state index in [1.165, 1.54) is 6.92 Å². The molecule has 1 aromatic carbocycles. The summed E-state index contributed by atoms with van der Waals surface area (Å²) in [7, 11) is 1.86. The molecule has 0 aliphatic rings. The first-order chi connectivity index (χ1) is 9.54. The van der Waals surface area contributed by atoms with Gasteiger partial charge in [0.2, 0.25) is 11.7 Å². The second-order valence-corrected chi connectivity index (χ2v) is 4.48. The van der Waals surface area contributed by atoms with E-state index in [1.807, 2.05) is 17.8 Å². The number of nitrogens with one attached hydrogen (secondary N) is 1. The summed E-state index contributed by atoms with van der Waals surface area (Å²) in [6, 6.07) is 8.63. The Labute approximate surface area is 117 Å². The molecule has 2 rings (SSSR count). The molecule has 2 aromatic rings. The highest BCUT2D eigenvalue weighted by Gasteiger charge is 2.08. The van der Waals surface area contributed by atoms with Gasteiger partial charge in [0.15, 0.2) is 6.61 Å². The van der Waals surface area contributed by atoms with Gasteiger partial charge in [0, 0.05) is 37.6 Å². The lowest BCUT2D eigenvalue weighted by atomic mass is 10.2. The topological polar surface area (TPSA) is 60.3 Å². The predicted octanol–water partition coefficient (Wildman–Crippen LogP) is 2.25. The Kier molecular flexibility index (Phi) is 4.20. The summed E-state index contributed by atoms with van der Waals surface area (Å²) in [6.45, 7) is 1.44. The lowest BCUT2D eigenvalue weighted by Crippen LogP contribution is -2.11. The van der Waals surface area contributed by atoms with Crippen LogP contribution in [0.2, 0.25) is 0 Å². The monoisotopic (exact) mass is 272 g/mol. The summed E-state index contributed by atoms with van der Waals surface area (Å²) >= 11 is 0. The molecule has 0 saturated carbocycles. The van der Waals surface area contributed by atoms with Crippen LogP contribution in [-0.2, 0) is 11.8 Å². The van der Waals surface area contributed by atoms with Gasteiger partial charge in [-0.05, 0) is 30.3 Å². The summed E-state index contributed by atoms with van der Waals surface area (Å²) in [5, 5.41) is 2.66. The van der Waals surface area contributed by atoms with Crippen LogP contribution in [0.15, 0.2) is 42.7 Å². The van der Waals surface area contributed by atoms with Crippen molar-refractivity contribution in [3.05, 3.63) is 48.3 Å². The molecule has 1 N–H and O–H groups in total. The van der Waals surface area contributed by atoms with E-state index < -0.39 is 0 Å². The maximum Gasteiger partial charge on any atom is 0.221 e. The standard InChI is InChI=1S/C15H16N2O3/c1-11(18)16-13-3-5-14(6-4-13)20-10-15(19)12-7-8-17(2)9-12/h3-9H,10H2,1-2H3,(H,16,18). The third-order valence-electron chi connectivity index (χ3n) is 2.70. The highest BCUT2D eigenvalue weighted by molar-refractivity contribution is 5.97. The largest absolute Gasteiger partial charge is 0.485 e. The first kappa shape index (κ1) is 13.9. The zero-order valence-electron chi connectivity index (χ0n) is 11.4. The summed E-state index contributed by atoms with van der Waals surface area (Å²) in [5.74, 6) is 0.387. The van der Waals surface area contributed by atoms with Gasteiger partial charge in [-0.2, -0.15) is 0 Å². The van der Waals surface area contributed by atoms with Crippen LogP contribution in [0.5, 0.6) is 5.75 Å². The maximum absolute atomic E-state index is 11.8. The second-order valence-electron chi connectivity index (χ2n) is 4.48. The van der Waals surface area contributed by atoms with Crippen LogP contribution in [0.4, 0.5) is 5.69 Å². The fourth-order valence-corrected chi connectivity index (χ4v) is 1.74. The fraction of sp³-hybridized carbons (Fsp3) is 0.200. The molecule has 0 radical (unpaired) electrons. The van der Waals surface area contributed by atoms with E-state index >= 15 is 0 Å². The van der Waals surface area contributed by atoms with Gasteiger partial charge in [0.1, 0.15) is 5.75 Å². The molecule has 5 nitrogen and oxygen atoms in total. The molecule has 104 valence electrons. The van der Waals surface area contributed by atoms with Gasteiger partial charge in [-0.3, -0.25) is 9.59 Å². The molecule has 1 heterocycles. The predicted molar refractivity (Wildman–Crippen MR) is 76.0 cm³/mol. The molecule has 0 unspecified atom stereocenters. The zero-order chi connectivity index (χ0) is 14.5. The van der Waals surface area contributed by atoms with E-state index in [0.717, 1.165) is 0 Å². The van der Waals surface area contributed by atoms with Crippen molar-refractivity contribution in [1.29, 1.82) is 0 Å². The minimum Gasteiger partial charge on any atom is -0.485 e. The summed E-state index contributed by atoms with van der Waals surface area (Å²) in [4.78, 5) is 22.7. The number of aromatic nitrogens is 1. The van der Waals surface area contributed by atoms with E-state index in [2.05, 4.69) is 5.32 Å². The number of anilines is 1. The Morgan fingerprint density at radius 2 is 1.90 bits per heavy atom. The van der Waals surface area contributed by atoms with Crippen molar-refractivity contribution in [1.82, 2.24) is 4.57 Å². The number of rotatable bonds is 5. The van der Waals surface area contributed by atoms with Crippen molar-refractivity contribution in [3.8, 4) is 5.75 Å². The lowest BCUT2D eigenvalue weighted by molar-refractivity contribution is -0.114. The number of ketones is 1. The van der Waals surface area contributed by atoms with Crippen molar-refractivity contribution in [2.24, 2.45) is 7.05 Å².